The number of hydrogen-bond donors (Lipinski definition) is 2. The van der Waals surface area contributed by atoms with Crippen LogP contribution in [0.4, 0.5) is 30.4 Å². The number of halogens is 3. The van der Waals surface area contributed by atoms with Gasteiger partial charge in [0.1, 0.15) is 39.6 Å². The third-order valence-corrected chi connectivity index (χ3v) is 6.12. The Morgan fingerprint density at radius 1 is 0.974 bits per heavy atom. The monoisotopic (exact) mass is 549 g/mol. The van der Waals surface area contributed by atoms with Crippen LogP contribution < -0.4 is 20.5 Å². The van der Waals surface area contributed by atoms with Crippen LogP contribution in [0.2, 0.25) is 0 Å². The second kappa shape index (κ2) is 10.4. The Bertz CT molecular complexity index is 1670. The van der Waals surface area contributed by atoms with E-state index in [1.807, 2.05) is 0 Å². The molecule has 0 aliphatic carbocycles. The van der Waals surface area contributed by atoms with E-state index in [4.69, 9.17) is 10.5 Å². The highest BCUT2D eigenvalue weighted by Gasteiger charge is 2.31. The van der Waals surface area contributed by atoms with Crippen molar-refractivity contribution in [3.8, 4) is 34.6 Å². The fraction of sp³-hybridized carbons (Fsp3) is 0.0769. The lowest BCUT2D eigenvalue weighted by Crippen LogP contribution is -2.17. The minimum atomic E-state index is -4.82. The van der Waals surface area contributed by atoms with Crippen LogP contribution in [0.5, 0.6) is 17.2 Å². The topological polar surface area (TPSA) is 123 Å². The number of thioether (sulfide) groups is 1. The van der Waals surface area contributed by atoms with E-state index < -0.39 is 6.36 Å². The van der Waals surface area contributed by atoms with Gasteiger partial charge in [0.05, 0.1) is 5.69 Å². The number of nitrogens with one attached hydrogen (secondary N) is 1. The molecule has 2 aromatic carbocycles. The van der Waals surface area contributed by atoms with Crippen LogP contribution in [-0.4, -0.2) is 32.2 Å². The molecule has 196 valence electrons. The van der Waals surface area contributed by atoms with Crippen LogP contribution in [-0.2, 0) is 0 Å². The molecule has 0 radical (unpaired) electrons. The molecule has 39 heavy (non-hydrogen) atoms. The Morgan fingerprint density at radius 2 is 1.62 bits per heavy atom. The van der Waals surface area contributed by atoms with Gasteiger partial charge in [-0.05, 0) is 66.9 Å². The summed E-state index contributed by atoms with van der Waals surface area (Å²) >= 11 is 1.24. The quantitative estimate of drug-likeness (QED) is 0.175. The van der Waals surface area contributed by atoms with Crippen LogP contribution >= 0.6 is 11.8 Å². The van der Waals surface area contributed by atoms with Crippen LogP contribution in [0, 0.1) is 11.3 Å². The van der Waals surface area contributed by atoms with Gasteiger partial charge in [0.25, 0.3) is 0 Å². The summed E-state index contributed by atoms with van der Waals surface area (Å²) in [6, 6.07) is 17.8. The van der Waals surface area contributed by atoms with E-state index in [1.54, 1.807) is 55.0 Å². The zero-order chi connectivity index (χ0) is 27.6. The van der Waals surface area contributed by atoms with Gasteiger partial charge in [-0.15, -0.1) is 30.0 Å². The maximum atomic E-state index is 12.6. The van der Waals surface area contributed by atoms with E-state index in [9.17, 15) is 18.4 Å². The number of aromatic nitrogens is 4. The first-order valence-corrected chi connectivity index (χ1v) is 12.5. The predicted octanol–water partition coefficient (Wildman–Crippen LogP) is 6.40. The first-order valence-electron chi connectivity index (χ1n) is 11.2. The summed E-state index contributed by atoms with van der Waals surface area (Å²) in [6.07, 6.45) is 0.190. The number of benzene rings is 2. The molecule has 5 aromatic rings. The van der Waals surface area contributed by atoms with Crippen molar-refractivity contribution in [1.29, 1.82) is 5.26 Å². The number of rotatable bonds is 7. The van der Waals surface area contributed by atoms with Gasteiger partial charge in [0.15, 0.2) is 11.5 Å². The molecule has 3 aromatic heterocycles. The van der Waals surface area contributed by atoms with Gasteiger partial charge < -0.3 is 20.5 Å². The molecule has 3 N–H and O–H groups in total. The van der Waals surface area contributed by atoms with Gasteiger partial charge in [-0.1, -0.05) is 0 Å². The Hall–Kier alpha value is -4.96. The van der Waals surface area contributed by atoms with Crippen LogP contribution in [0.15, 0.2) is 78.1 Å². The largest absolute Gasteiger partial charge is 0.573 e. The average molecular weight is 550 g/mol. The van der Waals surface area contributed by atoms with E-state index in [1.165, 1.54) is 28.4 Å². The van der Waals surface area contributed by atoms with E-state index in [2.05, 4.69) is 31.2 Å². The van der Waals surface area contributed by atoms with E-state index in [-0.39, 0.29) is 28.5 Å². The van der Waals surface area contributed by atoms with Gasteiger partial charge in [-0.2, -0.15) is 5.26 Å². The summed E-state index contributed by atoms with van der Waals surface area (Å²) in [5.41, 5.74) is 8.52. The summed E-state index contributed by atoms with van der Waals surface area (Å²) in [5, 5.41) is 18.0. The minimum Gasteiger partial charge on any atom is -0.457 e. The number of anilines is 3. The van der Waals surface area contributed by atoms with Crippen molar-refractivity contribution in [2.24, 2.45) is 0 Å². The molecular formula is C26H18F3N7O2S. The number of hydrogen-bond acceptors (Lipinski definition) is 9. The van der Waals surface area contributed by atoms with Crippen molar-refractivity contribution in [3.05, 3.63) is 78.6 Å². The average Bonchev–Trinajstić information content (AvgIpc) is 3.23. The molecule has 0 fully saturated rings. The molecule has 0 bridgehead atoms. The fourth-order valence-electron chi connectivity index (χ4n) is 3.75. The molecule has 0 saturated carbocycles. The third-order valence-electron chi connectivity index (χ3n) is 5.44. The number of alkyl halides is 3. The van der Waals surface area contributed by atoms with Crippen LogP contribution in [0.3, 0.4) is 0 Å². The number of nitriles is 1. The van der Waals surface area contributed by atoms with Crippen molar-refractivity contribution in [3.63, 3.8) is 0 Å². The van der Waals surface area contributed by atoms with Gasteiger partial charge in [-0.3, -0.25) is 4.98 Å². The van der Waals surface area contributed by atoms with Crippen molar-refractivity contribution >= 4 is 34.6 Å². The van der Waals surface area contributed by atoms with Gasteiger partial charge in [-0.25, -0.2) is 9.50 Å². The van der Waals surface area contributed by atoms with Crippen molar-refractivity contribution in [2.45, 2.75) is 11.4 Å². The molecule has 0 atom stereocenters. The molecule has 0 aliphatic rings. The number of fused-ring (bicyclic) bond motifs is 1. The van der Waals surface area contributed by atoms with Gasteiger partial charge >= 0.3 is 6.36 Å². The van der Waals surface area contributed by atoms with E-state index >= 15 is 0 Å². The summed E-state index contributed by atoms with van der Waals surface area (Å²) in [5.74, 6) is 1.15. The molecule has 0 amide bonds. The minimum absolute atomic E-state index is 0.200. The van der Waals surface area contributed by atoms with Gasteiger partial charge in [0.2, 0.25) is 0 Å². The normalized spacial score (nSPS) is 11.3. The van der Waals surface area contributed by atoms with Crippen LogP contribution in [0.1, 0.15) is 5.56 Å². The Kier molecular flexibility index (Phi) is 6.86. The zero-order valence-electron chi connectivity index (χ0n) is 20.1. The second-order valence-corrected chi connectivity index (χ2v) is 8.76. The second-order valence-electron chi connectivity index (χ2n) is 7.96. The van der Waals surface area contributed by atoms with Crippen molar-refractivity contribution in [2.75, 3.05) is 17.3 Å². The lowest BCUT2D eigenvalue weighted by molar-refractivity contribution is -0.274. The van der Waals surface area contributed by atoms with E-state index in [0.29, 0.717) is 33.5 Å². The first-order chi connectivity index (χ1) is 18.8. The Labute approximate surface area is 224 Å². The number of ether oxygens (including phenoxy) is 2. The summed E-state index contributed by atoms with van der Waals surface area (Å²) < 4.78 is 49.0. The third kappa shape index (κ3) is 5.51. The molecule has 0 unspecified atom stereocenters. The van der Waals surface area contributed by atoms with E-state index in [0.717, 1.165) is 12.1 Å². The summed E-state index contributed by atoms with van der Waals surface area (Å²) in [6.45, 7) is 0. The maximum absolute atomic E-state index is 12.6. The van der Waals surface area contributed by atoms with Crippen LogP contribution in [0.25, 0.3) is 16.9 Å². The number of nitrogens with two attached hydrogens (primary N) is 1. The Morgan fingerprint density at radius 3 is 2.23 bits per heavy atom. The SMILES string of the molecule is CSc1nc2c(N)c(Nc3ccc(Oc4ccncc4)cc3)nn2c(-c2ccc(OC(F)(F)F)cc2)c1C#N. The number of pyridine rings is 1. The van der Waals surface area contributed by atoms with Crippen molar-refractivity contribution < 1.29 is 22.6 Å². The zero-order valence-corrected chi connectivity index (χ0v) is 20.9. The molecule has 0 saturated heterocycles. The molecule has 0 spiro atoms. The molecule has 3 heterocycles. The first kappa shape index (κ1) is 25.7. The molecule has 9 nitrogen and oxygen atoms in total. The van der Waals surface area contributed by atoms with Crippen molar-refractivity contribution in [1.82, 2.24) is 19.6 Å². The lowest BCUT2D eigenvalue weighted by Gasteiger charge is -2.12. The molecule has 5 rings (SSSR count). The molecule has 0 aliphatic heterocycles. The lowest BCUT2D eigenvalue weighted by atomic mass is 10.1. The summed E-state index contributed by atoms with van der Waals surface area (Å²) in [4.78, 5) is 8.47. The molecule has 13 heteroatoms. The smallest absolute Gasteiger partial charge is 0.457 e. The summed E-state index contributed by atoms with van der Waals surface area (Å²) in [7, 11) is 0. The maximum Gasteiger partial charge on any atom is 0.573 e. The number of nitrogen functional groups attached to an aromatic ring is 1. The van der Waals surface area contributed by atoms with Gasteiger partial charge in [0, 0.05) is 23.6 Å². The predicted molar refractivity (Wildman–Crippen MR) is 140 cm³/mol. The highest BCUT2D eigenvalue weighted by atomic mass is 32.2. The number of nitrogens with zero attached hydrogens (tertiary/aromatic N) is 5. The fourth-order valence-corrected chi connectivity index (χ4v) is 4.28. The molecular weight excluding hydrogens is 531 g/mol. The highest BCUT2D eigenvalue weighted by Crippen LogP contribution is 2.36. The highest BCUT2D eigenvalue weighted by molar-refractivity contribution is 7.98. The standard InChI is InChI=1S/C26H18F3N7O2S/c1-39-25-20(14-30)22(15-2-6-19(7-3-15)38-26(27,28)29)36-24(34-25)21(31)23(35-36)33-16-4-8-17(9-5-16)37-18-10-12-32-13-11-18/h2-13H,31H2,1H3,(H,33,35). The Balaban J connectivity index is 1.51.